The number of alkyl halides is 1. The number of fused-ring (bicyclic) bond motifs is 1. The van der Waals surface area contributed by atoms with Crippen LogP contribution in [0.25, 0.3) is 10.9 Å². The third-order valence-electron chi connectivity index (χ3n) is 3.97. The lowest BCUT2D eigenvalue weighted by Crippen LogP contribution is -2.40. The summed E-state index contributed by atoms with van der Waals surface area (Å²) in [5.41, 5.74) is 0.946. The normalized spacial score (nSPS) is 16.1. The van der Waals surface area contributed by atoms with E-state index >= 15 is 0 Å². The van der Waals surface area contributed by atoms with Gasteiger partial charge in [-0.1, -0.05) is 12.1 Å². The van der Waals surface area contributed by atoms with Gasteiger partial charge >= 0.3 is 0 Å². The molecule has 0 atom stereocenters. The molecule has 0 amide bonds. The Labute approximate surface area is 135 Å². The van der Waals surface area contributed by atoms with Crippen molar-refractivity contribution in [3.63, 3.8) is 0 Å². The minimum atomic E-state index is 0.329. The van der Waals surface area contributed by atoms with Gasteiger partial charge in [0.1, 0.15) is 11.6 Å². The first-order valence-electron chi connectivity index (χ1n) is 7.61. The number of morpholine rings is 1. The monoisotopic (exact) mass is 320 g/mol. The van der Waals surface area contributed by atoms with Crippen LogP contribution in [0.2, 0.25) is 0 Å². The zero-order valence-electron chi connectivity index (χ0n) is 12.8. The second-order valence-electron chi connectivity index (χ2n) is 5.49. The Bertz CT molecular complexity index is 631. The minimum Gasteiger partial charge on any atom is -0.379 e. The van der Waals surface area contributed by atoms with Crippen LogP contribution in [0.15, 0.2) is 24.3 Å². The van der Waals surface area contributed by atoms with Crippen LogP contribution in [0.3, 0.4) is 0 Å². The van der Waals surface area contributed by atoms with E-state index in [1.54, 1.807) is 0 Å². The summed E-state index contributed by atoms with van der Waals surface area (Å²) < 4.78 is 5.39. The molecule has 1 saturated heterocycles. The molecule has 0 aliphatic carbocycles. The molecular weight excluding hydrogens is 300 g/mol. The molecule has 0 radical (unpaired) electrons. The Morgan fingerprint density at radius 3 is 2.77 bits per heavy atom. The summed E-state index contributed by atoms with van der Waals surface area (Å²) in [5, 5.41) is 1.07. The van der Waals surface area contributed by atoms with E-state index in [1.165, 1.54) is 0 Å². The number of hydrogen-bond acceptors (Lipinski definition) is 5. The van der Waals surface area contributed by atoms with E-state index in [9.17, 15) is 0 Å². The first kappa shape index (κ1) is 15.5. The number of nitrogens with zero attached hydrogens (tertiary/aromatic N) is 4. The Balaban J connectivity index is 1.78. The topological polar surface area (TPSA) is 41.5 Å². The number of rotatable bonds is 5. The van der Waals surface area contributed by atoms with Crippen LogP contribution in [-0.4, -0.2) is 61.3 Å². The lowest BCUT2D eigenvalue weighted by molar-refractivity contribution is 0.0393. The second-order valence-corrected chi connectivity index (χ2v) is 5.76. The van der Waals surface area contributed by atoms with Crippen LogP contribution < -0.4 is 4.90 Å². The summed E-state index contributed by atoms with van der Waals surface area (Å²) in [4.78, 5) is 13.7. The maximum absolute atomic E-state index is 5.94. The number of hydrogen-bond donors (Lipinski definition) is 0. The molecule has 2 heterocycles. The number of benzene rings is 1. The van der Waals surface area contributed by atoms with Crippen LogP contribution in [0.1, 0.15) is 5.82 Å². The van der Waals surface area contributed by atoms with Crippen molar-refractivity contribution in [3.05, 3.63) is 30.1 Å². The average molecular weight is 321 g/mol. The summed E-state index contributed by atoms with van der Waals surface area (Å²) in [6.45, 7) is 5.60. The van der Waals surface area contributed by atoms with E-state index in [-0.39, 0.29) is 0 Å². The van der Waals surface area contributed by atoms with Crippen molar-refractivity contribution in [2.45, 2.75) is 5.88 Å². The molecular formula is C16H21ClN4O. The van der Waals surface area contributed by atoms with Gasteiger partial charge < -0.3 is 9.64 Å². The quantitative estimate of drug-likeness (QED) is 0.790. The molecule has 1 aromatic heterocycles. The highest BCUT2D eigenvalue weighted by Crippen LogP contribution is 2.23. The van der Waals surface area contributed by atoms with Gasteiger partial charge in [-0.2, -0.15) is 0 Å². The van der Waals surface area contributed by atoms with Gasteiger partial charge in [0.2, 0.25) is 0 Å². The van der Waals surface area contributed by atoms with Gasteiger partial charge in [0.05, 0.1) is 24.6 Å². The van der Waals surface area contributed by atoms with Gasteiger partial charge in [-0.05, 0) is 12.1 Å². The lowest BCUT2D eigenvalue weighted by atomic mass is 10.2. The Kier molecular flexibility index (Phi) is 5.08. The first-order chi connectivity index (χ1) is 10.8. The van der Waals surface area contributed by atoms with Crippen LogP contribution in [0.4, 0.5) is 5.82 Å². The molecule has 0 N–H and O–H groups in total. The summed E-state index contributed by atoms with van der Waals surface area (Å²) in [5.74, 6) is 1.96. The molecule has 0 bridgehead atoms. The zero-order chi connectivity index (χ0) is 15.4. The predicted molar refractivity (Wildman–Crippen MR) is 89.6 cm³/mol. The molecule has 0 unspecified atom stereocenters. The molecule has 1 aliphatic heterocycles. The first-order valence-corrected chi connectivity index (χ1v) is 8.14. The number of anilines is 1. The van der Waals surface area contributed by atoms with Gasteiger partial charge in [-0.3, -0.25) is 4.90 Å². The smallest absolute Gasteiger partial charge is 0.146 e. The summed E-state index contributed by atoms with van der Waals surface area (Å²) in [6, 6.07) is 8.08. The number of ether oxygens (including phenoxy) is 1. The van der Waals surface area contributed by atoms with Crippen LogP contribution >= 0.6 is 11.6 Å². The van der Waals surface area contributed by atoms with Gasteiger partial charge in [-0.25, -0.2) is 9.97 Å². The number of likely N-dealkylation sites (N-methyl/N-ethyl adjacent to an activating group) is 1. The standard InChI is InChI=1S/C16H21ClN4O/c1-20(6-7-21-8-10-22-11-9-21)16-13-4-2-3-5-14(13)18-15(12-17)19-16/h2-5H,6-12H2,1H3. The second kappa shape index (κ2) is 7.22. The highest BCUT2D eigenvalue weighted by atomic mass is 35.5. The summed E-state index contributed by atoms with van der Waals surface area (Å²) in [7, 11) is 2.08. The third-order valence-corrected chi connectivity index (χ3v) is 4.20. The van der Waals surface area contributed by atoms with Gasteiger partial charge in [0, 0.05) is 38.6 Å². The van der Waals surface area contributed by atoms with Crippen LogP contribution in [0, 0.1) is 0 Å². The molecule has 1 aliphatic rings. The number of halogens is 1. The Morgan fingerprint density at radius 2 is 2.00 bits per heavy atom. The fourth-order valence-corrected chi connectivity index (χ4v) is 2.80. The molecule has 5 nitrogen and oxygen atoms in total. The maximum atomic E-state index is 5.94. The summed E-state index contributed by atoms with van der Waals surface area (Å²) in [6.07, 6.45) is 0. The largest absolute Gasteiger partial charge is 0.379 e. The van der Waals surface area contributed by atoms with E-state index in [2.05, 4.69) is 32.9 Å². The lowest BCUT2D eigenvalue weighted by Gasteiger charge is -2.29. The molecule has 2 aromatic rings. The predicted octanol–water partition coefficient (Wildman–Crippen LogP) is 2.14. The zero-order valence-corrected chi connectivity index (χ0v) is 13.6. The van der Waals surface area contributed by atoms with Crippen molar-refractivity contribution < 1.29 is 4.74 Å². The molecule has 118 valence electrons. The molecule has 0 spiro atoms. The van der Waals surface area contributed by atoms with E-state index in [1.807, 2.05) is 18.2 Å². The number of para-hydroxylation sites is 1. The maximum Gasteiger partial charge on any atom is 0.146 e. The molecule has 1 fully saturated rings. The van der Waals surface area contributed by atoms with Crippen molar-refractivity contribution in [3.8, 4) is 0 Å². The minimum absolute atomic E-state index is 0.329. The fraction of sp³-hybridized carbons (Fsp3) is 0.500. The van der Waals surface area contributed by atoms with Crippen molar-refractivity contribution in [1.29, 1.82) is 0 Å². The van der Waals surface area contributed by atoms with Gasteiger partial charge in [0.15, 0.2) is 0 Å². The van der Waals surface area contributed by atoms with E-state index in [4.69, 9.17) is 16.3 Å². The van der Waals surface area contributed by atoms with Crippen molar-refractivity contribution in [1.82, 2.24) is 14.9 Å². The van der Waals surface area contributed by atoms with Crippen LogP contribution in [0.5, 0.6) is 0 Å². The Hall–Kier alpha value is -1.43. The third kappa shape index (κ3) is 3.48. The van der Waals surface area contributed by atoms with Crippen molar-refractivity contribution >= 4 is 28.3 Å². The van der Waals surface area contributed by atoms with Gasteiger partial charge in [-0.15, -0.1) is 11.6 Å². The van der Waals surface area contributed by atoms with E-state index in [0.717, 1.165) is 56.1 Å². The molecule has 0 saturated carbocycles. The number of aromatic nitrogens is 2. The van der Waals surface area contributed by atoms with Crippen molar-refractivity contribution in [2.75, 3.05) is 51.3 Å². The van der Waals surface area contributed by atoms with E-state index in [0.29, 0.717) is 11.7 Å². The average Bonchev–Trinajstić information content (AvgIpc) is 2.59. The van der Waals surface area contributed by atoms with E-state index < -0.39 is 0 Å². The van der Waals surface area contributed by atoms with Crippen molar-refractivity contribution in [2.24, 2.45) is 0 Å². The molecule has 22 heavy (non-hydrogen) atoms. The fourth-order valence-electron chi connectivity index (χ4n) is 2.68. The molecule has 1 aromatic carbocycles. The van der Waals surface area contributed by atoms with Crippen LogP contribution in [-0.2, 0) is 10.6 Å². The van der Waals surface area contributed by atoms with Gasteiger partial charge in [0.25, 0.3) is 0 Å². The molecule has 6 heteroatoms. The highest BCUT2D eigenvalue weighted by Gasteiger charge is 2.14. The Morgan fingerprint density at radius 1 is 1.23 bits per heavy atom. The SMILES string of the molecule is CN(CCN1CCOCC1)c1nc(CCl)nc2ccccc12. The molecule has 3 rings (SSSR count). The highest BCUT2D eigenvalue weighted by molar-refractivity contribution is 6.16. The summed E-state index contributed by atoms with van der Waals surface area (Å²) >= 11 is 5.94.